The molecule has 0 atom stereocenters. The number of hydrogen-bond acceptors (Lipinski definition) is 4. The van der Waals surface area contributed by atoms with Gasteiger partial charge in [0.1, 0.15) is 12.4 Å². The number of rotatable bonds is 7. The number of ether oxygens (including phenoxy) is 2. The van der Waals surface area contributed by atoms with E-state index in [0.717, 1.165) is 22.3 Å². The Kier molecular flexibility index (Phi) is 5.88. The molecule has 2 aliphatic rings. The molecular weight excluding hydrogens is 456 g/mol. The first-order valence-electron chi connectivity index (χ1n) is 11.3. The van der Waals surface area contributed by atoms with Gasteiger partial charge in [0.25, 0.3) is 0 Å². The third-order valence-electron chi connectivity index (χ3n) is 6.90. The number of nitrogens with one attached hydrogen (secondary N) is 1. The van der Waals surface area contributed by atoms with Crippen LogP contribution in [0.25, 0.3) is 11.1 Å². The minimum atomic E-state index is -2.95. The standard InChI is InChI=1S/C27H23F2NO5/c28-25(29)35-18-11-9-16(10-12-18)27(24(31)32)13-17(14-27)30-26(33)34-15-23-21-7-3-1-5-19(21)20-6-2-4-8-22(20)23/h1-12,17,23,25H,13-15H2,(H,30,33)(H,31,32). The summed E-state index contributed by atoms with van der Waals surface area (Å²) in [6.07, 6.45) is -0.264. The number of alkyl carbamates (subject to hydrolysis) is 1. The van der Waals surface area contributed by atoms with E-state index in [1.165, 1.54) is 24.3 Å². The lowest BCUT2D eigenvalue weighted by Gasteiger charge is -2.44. The molecular formula is C27H23F2NO5. The Labute approximate surface area is 200 Å². The number of amides is 1. The number of halogens is 2. The average Bonchev–Trinajstić information content (AvgIpc) is 3.13. The lowest BCUT2D eigenvalue weighted by Crippen LogP contribution is -2.57. The molecule has 2 aliphatic carbocycles. The summed E-state index contributed by atoms with van der Waals surface area (Å²) in [6.45, 7) is -2.79. The number of carboxylic acid groups (broad SMARTS) is 1. The summed E-state index contributed by atoms with van der Waals surface area (Å²) in [6, 6.07) is 21.3. The van der Waals surface area contributed by atoms with E-state index in [9.17, 15) is 23.5 Å². The van der Waals surface area contributed by atoms with Gasteiger partial charge in [-0.15, -0.1) is 0 Å². The van der Waals surface area contributed by atoms with Gasteiger partial charge in [0.2, 0.25) is 0 Å². The molecule has 3 aromatic carbocycles. The van der Waals surface area contributed by atoms with Gasteiger partial charge < -0.3 is 19.9 Å². The highest BCUT2D eigenvalue weighted by molar-refractivity contribution is 5.84. The van der Waals surface area contributed by atoms with Crippen LogP contribution in [0, 0.1) is 0 Å². The van der Waals surface area contributed by atoms with E-state index < -0.39 is 24.1 Å². The molecule has 0 unspecified atom stereocenters. The molecule has 1 saturated carbocycles. The zero-order valence-electron chi connectivity index (χ0n) is 18.6. The maximum absolute atomic E-state index is 12.5. The van der Waals surface area contributed by atoms with Gasteiger partial charge in [0.15, 0.2) is 0 Å². The first kappa shape index (κ1) is 22.8. The fraction of sp³-hybridized carbons (Fsp3) is 0.259. The summed E-state index contributed by atoms with van der Waals surface area (Å²) >= 11 is 0. The zero-order chi connectivity index (χ0) is 24.6. The van der Waals surface area contributed by atoms with Crippen molar-refractivity contribution >= 4 is 12.1 Å². The molecule has 0 saturated heterocycles. The second kappa shape index (κ2) is 9.02. The van der Waals surface area contributed by atoms with E-state index in [1.54, 1.807) is 0 Å². The number of benzene rings is 3. The quantitative estimate of drug-likeness (QED) is 0.480. The maximum Gasteiger partial charge on any atom is 0.407 e. The van der Waals surface area contributed by atoms with Gasteiger partial charge in [-0.2, -0.15) is 8.78 Å². The van der Waals surface area contributed by atoms with Crippen molar-refractivity contribution in [3.05, 3.63) is 89.5 Å². The molecule has 6 nitrogen and oxygen atoms in total. The molecule has 0 bridgehead atoms. The number of hydrogen-bond donors (Lipinski definition) is 2. The number of carbonyl (C=O) groups is 2. The number of alkyl halides is 2. The van der Waals surface area contributed by atoms with E-state index in [4.69, 9.17) is 4.74 Å². The molecule has 3 aromatic rings. The number of carbonyl (C=O) groups excluding carboxylic acids is 1. The molecule has 35 heavy (non-hydrogen) atoms. The maximum atomic E-state index is 12.5. The van der Waals surface area contributed by atoms with Crippen LogP contribution in [0.5, 0.6) is 5.75 Å². The van der Waals surface area contributed by atoms with E-state index in [-0.39, 0.29) is 37.2 Å². The van der Waals surface area contributed by atoms with Gasteiger partial charge in [-0.3, -0.25) is 4.79 Å². The van der Waals surface area contributed by atoms with Crippen molar-refractivity contribution in [2.45, 2.75) is 36.8 Å². The van der Waals surface area contributed by atoms with Crippen LogP contribution in [0.1, 0.15) is 35.4 Å². The van der Waals surface area contributed by atoms with Crippen molar-refractivity contribution in [3.63, 3.8) is 0 Å². The topological polar surface area (TPSA) is 84.9 Å². The summed E-state index contributed by atoms with van der Waals surface area (Å²) < 4.78 is 34.6. The van der Waals surface area contributed by atoms with Crippen LogP contribution in [-0.2, 0) is 14.9 Å². The summed E-state index contributed by atoms with van der Waals surface area (Å²) in [7, 11) is 0. The Bertz CT molecular complexity index is 1210. The summed E-state index contributed by atoms with van der Waals surface area (Å²) in [5, 5.41) is 12.6. The first-order valence-corrected chi connectivity index (χ1v) is 11.3. The highest BCUT2D eigenvalue weighted by Gasteiger charge is 2.52. The Morgan fingerprint density at radius 2 is 1.51 bits per heavy atom. The number of carboxylic acids is 1. The molecule has 0 spiro atoms. The van der Waals surface area contributed by atoms with E-state index in [1.807, 2.05) is 36.4 Å². The van der Waals surface area contributed by atoms with Crippen LogP contribution in [0.3, 0.4) is 0 Å². The Balaban J connectivity index is 1.20. The second-order valence-electron chi connectivity index (χ2n) is 8.87. The highest BCUT2D eigenvalue weighted by Crippen LogP contribution is 2.46. The molecule has 8 heteroatoms. The van der Waals surface area contributed by atoms with Crippen molar-refractivity contribution in [3.8, 4) is 16.9 Å². The fourth-order valence-corrected chi connectivity index (χ4v) is 5.18. The van der Waals surface area contributed by atoms with Crippen LogP contribution in [0.15, 0.2) is 72.8 Å². The van der Waals surface area contributed by atoms with Crippen molar-refractivity contribution in [1.29, 1.82) is 0 Å². The van der Waals surface area contributed by atoms with Gasteiger partial charge in [0, 0.05) is 12.0 Å². The van der Waals surface area contributed by atoms with Crippen molar-refractivity contribution in [1.82, 2.24) is 5.32 Å². The Hall–Kier alpha value is -3.94. The summed E-state index contributed by atoms with van der Waals surface area (Å²) in [4.78, 5) is 24.6. The van der Waals surface area contributed by atoms with Gasteiger partial charge in [-0.05, 0) is 52.8 Å². The minimum Gasteiger partial charge on any atom is -0.481 e. The predicted molar refractivity (Wildman–Crippen MR) is 124 cm³/mol. The Morgan fingerprint density at radius 1 is 0.943 bits per heavy atom. The highest BCUT2D eigenvalue weighted by atomic mass is 19.3. The monoisotopic (exact) mass is 479 g/mol. The fourth-order valence-electron chi connectivity index (χ4n) is 5.18. The van der Waals surface area contributed by atoms with Crippen molar-refractivity contribution in [2.75, 3.05) is 6.61 Å². The van der Waals surface area contributed by atoms with Crippen LogP contribution in [-0.4, -0.2) is 36.4 Å². The Morgan fingerprint density at radius 3 is 2.06 bits per heavy atom. The van der Waals surface area contributed by atoms with E-state index in [0.29, 0.717) is 5.56 Å². The third kappa shape index (κ3) is 4.20. The van der Waals surface area contributed by atoms with E-state index >= 15 is 0 Å². The first-order chi connectivity index (χ1) is 16.9. The number of fused-ring (bicyclic) bond motifs is 3. The van der Waals surface area contributed by atoms with Crippen molar-refractivity contribution < 1.29 is 33.0 Å². The molecule has 0 aromatic heterocycles. The molecule has 0 radical (unpaired) electrons. The minimum absolute atomic E-state index is 0.0445. The van der Waals surface area contributed by atoms with Crippen LogP contribution in [0.4, 0.5) is 13.6 Å². The summed E-state index contributed by atoms with van der Waals surface area (Å²) in [5.74, 6) is -1.15. The lowest BCUT2D eigenvalue weighted by atomic mass is 9.61. The van der Waals surface area contributed by atoms with Crippen LogP contribution in [0.2, 0.25) is 0 Å². The second-order valence-corrected chi connectivity index (χ2v) is 8.87. The lowest BCUT2D eigenvalue weighted by molar-refractivity contribution is -0.148. The van der Waals surface area contributed by atoms with Crippen LogP contribution >= 0.6 is 0 Å². The molecule has 1 fully saturated rings. The molecule has 0 aliphatic heterocycles. The largest absolute Gasteiger partial charge is 0.481 e. The molecule has 0 heterocycles. The summed E-state index contributed by atoms with van der Waals surface area (Å²) in [5.41, 5.74) is 3.74. The SMILES string of the molecule is O=C(NC1CC(C(=O)O)(c2ccc(OC(F)F)cc2)C1)OCC1c2ccccc2-c2ccccc21. The van der Waals surface area contributed by atoms with E-state index in [2.05, 4.69) is 22.2 Å². The molecule has 1 amide bonds. The third-order valence-corrected chi connectivity index (χ3v) is 6.90. The van der Waals surface area contributed by atoms with Gasteiger partial charge in [0.05, 0.1) is 5.41 Å². The van der Waals surface area contributed by atoms with Gasteiger partial charge in [-0.1, -0.05) is 60.7 Å². The molecule has 2 N–H and O–H groups in total. The predicted octanol–water partition coefficient (Wildman–Crippen LogP) is 5.31. The molecule has 180 valence electrons. The van der Waals surface area contributed by atoms with Crippen molar-refractivity contribution in [2.24, 2.45) is 0 Å². The van der Waals surface area contributed by atoms with Gasteiger partial charge >= 0.3 is 18.7 Å². The zero-order valence-corrected chi connectivity index (χ0v) is 18.6. The number of aliphatic carboxylic acids is 1. The van der Waals surface area contributed by atoms with Crippen LogP contribution < -0.4 is 10.1 Å². The van der Waals surface area contributed by atoms with Gasteiger partial charge in [-0.25, -0.2) is 4.79 Å². The molecule has 5 rings (SSSR count). The average molecular weight is 479 g/mol. The smallest absolute Gasteiger partial charge is 0.407 e. The normalized spacial score (nSPS) is 20.5.